The monoisotopic (exact) mass is 1550 g/mol. The predicted molar refractivity (Wildman–Crippen MR) is 474 cm³/mol. The molecule has 12 aromatic carbocycles. The van der Waals surface area contributed by atoms with E-state index >= 15 is 0 Å². The van der Waals surface area contributed by atoms with Crippen LogP contribution in [0.2, 0.25) is 0 Å². The maximum absolute atomic E-state index is 13.6. The number of pyridine rings is 4. The van der Waals surface area contributed by atoms with Crippen molar-refractivity contribution in [2.45, 2.75) is 93.4 Å². The van der Waals surface area contributed by atoms with Gasteiger partial charge in [0.15, 0.2) is 34.6 Å². The van der Waals surface area contributed by atoms with Crippen molar-refractivity contribution in [1.82, 2.24) is 19.9 Å². The number of ketones is 4. The molecule has 0 bridgehead atoms. The van der Waals surface area contributed by atoms with Crippen LogP contribution in [-0.4, -0.2) is 57.3 Å². The normalized spacial score (nSPS) is 12.4. The summed E-state index contributed by atoms with van der Waals surface area (Å²) in [5.41, 5.74) is 24.2. The molecule has 0 unspecified atom stereocenters. The molecule has 0 saturated heterocycles. The molecule has 4 aliphatic carbocycles. The molecule has 0 amide bonds. The van der Waals surface area contributed by atoms with E-state index in [1.54, 1.807) is 26.6 Å². The summed E-state index contributed by atoms with van der Waals surface area (Å²) in [5.74, 6) is 4.03. The highest BCUT2D eigenvalue weighted by Crippen LogP contribution is 2.51. The molecule has 4 aliphatic rings. The van der Waals surface area contributed by atoms with Crippen LogP contribution in [0, 0.1) is 34.6 Å². The third kappa shape index (κ3) is 13.6. The summed E-state index contributed by atoms with van der Waals surface area (Å²) >= 11 is 0. The number of benzene rings is 12. The van der Waals surface area contributed by atoms with Crippen molar-refractivity contribution in [2.24, 2.45) is 0 Å². The quantitative estimate of drug-likeness (QED) is 0.118. The Bertz CT molecular complexity index is 6820. The van der Waals surface area contributed by atoms with E-state index in [0.29, 0.717) is 57.0 Å². The Morgan fingerprint density at radius 2 is 0.864 bits per heavy atom. The molecule has 0 saturated carbocycles. The Kier molecular flexibility index (Phi) is 19.8. The van der Waals surface area contributed by atoms with Crippen LogP contribution >= 0.6 is 0 Å². The minimum atomic E-state index is -0.0462. The summed E-state index contributed by atoms with van der Waals surface area (Å²) in [6.07, 6.45) is 10.2. The van der Waals surface area contributed by atoms with E-state index in [1.807, 2.05) is 195 Å². The lowest BCUT2D eigenvalue weighted by atomic mass is 9.82. The average Bonchev–Trinajstić information content (AvgIpc) is 0.844. The second-order valence-electron chi connectivity index (χ2n) is 32.2. The number of aryl methyl sites for hydroxylation is 5. The number of methoxy groups -OCH3 is 2. The molecule has 20 rings (SSSR count). The Morgan fingerprint density at radius 1 is 0.364 bits per heavy atom. The van der Waals surface area contributed by atoms with Crippen LogP contribution in [0.25, 0.3) is 87.6 Å². The number of hydrogen-bond donors (Lipinski definition) is 2. The van der Waals surface area contributed by atoms with Gasteiger partial charge in [-0.2, -0.15) is 4.98 Å². The van der Waals surface area contributed by atoms with Crippen LogP contribution in [0.5, 0.6) is 34.8 Å². The Morgan fingerprint density at radius 3 is 1.46 bits per heavy atom. The van der Waals surface area contributed by atoms with Crippen molar-refractivity contribution in [3.8, 4) is 79.3 Å². The molecule has 16 aromatic rings. The molecule has 0 fully saturated rings. The lowest BCUT2D eigenvalue weighted by molar-refractivity contribution is 0.102. The number of carbonyl (C=O) groups excluding carboxylic acids is 4. The SMILES string of the molecule is CCC(C)(C)c1ccc(Oc2nc(Oc3ccc(C(C)(C)C)cc3)c3cccc4c3c2-c2ccccc2C4=O)cc1.COc1ccc2c(c1OC)C(=O)c1cccc3cncc-2c13.Cc1cc(C)c(Nc2cccc3c2C(=O)c2cccc4cncc-3c24)c(C)c1.Cc1ccc(Nc2ncc3c4c(cccc24)C(=O)c2ccccc2-3)c(C)c1. The number of rotatable bonds is 12. The maximum Gasteiger partial charge on any atom is 0.231 e. The van der Waals surface area contributed by atoms with E-state index in [-0.39, 0.29) is 34.0 Å². The topological polar surface area (TPSA) is 181 Å². The highest BCUT2D eigenvalue weighted by molar-refractivity contribution is 6.30. The van der Waals surface area contributed by atoms with Crippen molar-refractivity contribution >= 4 is 89.1 Å². The average molecular weight is 1550 g/mol. The number of aromatic nitrogens is 4. The van der Waals surface area contributed by atoms with Crippen LogP contribution in [0.3, 0.4) is 0 Å². The van der Waals surface area contributed by atoms with Gasteiger partial charge in [-0.1, -0.05) is 229 Å². The number of anilines is 4. The molecule has 0 aliphatic heterocycles. The third-order valence-corrected chi connectivity index (χ3v) is 23.2. The van der Waals surface area contributed by atoms with Crippen molar-refractivity contribution < 1.29 is 38.1 Å². The first kappa shape index (κ1) is 76.4. The zero-order valence-electron chi connectivity index (χ0n) is 68.1. The summed E-state index contributed by atoms with van der Waals surface area (Å²) in [5, 5.41) is 14.4. The predicted octanol–water partition coefficient (Wildman–Crippen LogP) is 25.4. The number of nitrogens with zero attached hydrogens (tertiary/aromatic N) is 4. The number of nitrogens with one attached hydrogen (secondary N) is 2. The maximum atomic E-state index is 13.6. The van der Waals surface area contributed by atoms with Crippen molar-refractivity contribution in [2.75, 3.05) is 24.9 Å². The number of ether oxygens (including phenoxy) is 4. The van der Waals surface area contributed by atoms with Crippen molar-refractivity contribution in [3.63, 3.8) is 0 Å². The minimum Gasteiger partial charge on any atom is -0.493 e. The summed E-state index contributed by atoms with van der Waals surface area (Å²) in [4.78, 5) is 71.5. The van der Waals surface area contributed by atoms with Gasteiger partial charge in [0.2, 0.25) is 11.8 Å². The van der Waals surface area contributed by atoms with Gasteiger partial charge in [0, 0.05) is 136 Å². The fourth-order valence-electron chi connectivity index (χ4n) is 16.9. The fraction of sp³-hybridized carbons (Fsp3) is 0.154. The summed E-state index contributed by atoms with van der Waals surface area (Å²) in [7, 11) is 3.11. The molecule has 4 heterocycles. The summed E-state index contributed by atoms with van der Waals surface area (Å²) in [6, 6.07) is 75.2. The first-order valence-corrected chi connectivity index (χ1v) is 39.6. The minimum absolute atomic E-state index is 0.0116. The fourth-order valence-corrected chi connectivity index (χ4v) is 16.9. The second-order valence-corrected chi connectivity index (χ2v) is 32.2. The number of hydrogen-bond acceptors (Lipinski definition) is 14. The zero-order valence-corrected chi connectivity index (χ0v) is 68.1. The number of carbonyl (C=O) groups is 4. The molecule has 580 valence electrons. The molecule has 4 aromatic heterocycles. The van der Waals surface area contributed by atoms with Crippen LogP contribution in [-0.2, 0) is 10.8 Å². The highest BCUT2D eigenvalue weighted by atomic mass is 16.5. The largest absolute Gasteiger partial charge is 0.493 e. The van der Waals surface area contributed by atoms with Gasteiger partial charge >= 0.3 is 0 Å². The van der Waals surface area contributed by atoms with Crippen LogP contribution in [0.1, 0.15) is 151 Å². The van der Waals surface area contributed by atoms with Gasteiger partial charge in [0.25, 0.3) is 0 Å². The molecule has 14 nitrogen and oxygen atoms in total. The molecule has 2 N–H and O–H groups in total. The Labute approximate surface area is 685 Å². The lowest BCUT2D eigenvalue weighted by Gasteiger charge is -2.24. The second kappa shape index (κ2) is 30.5. The molecule has 0 radical (unpaired) electrons. The summed E-state index contributed by atoms with van der Waals surface area (Å²) < 4.78 is 23.7. The van der Waals surface area contributed by atoms with Crippen LogP contribution in [0.15, 0.2) is 262 Å². The van der Waals surface area contributed by atoms with E-state index in [2.05, 4.69) is 151 Å². The zero-order chi connectivity index (χ0) is 82.2. The molecule has 118 heavy (non-hydrogen) atoms. The van der Waals surface area contributed by atoms with Crippen molar-refractivity contribution in [3.05, 3.63) is 345 Å². The van der Waals surface area contributed by atoms with Gasteiger partial charge in [-0.15, -0.1) is 0 Å². The highest BCUT2D eigenvalue weighted by Gasteiger charge is 2.35. The van der Waals surface area contributed by atoms with E-state index in [9.17, 15) is 19.2 Å². The van der Waals surface area contributed by atoms with Gasteiger partial charge in [-0.25, -0.2) is 4.98 Å². The van der Waals surface area contributed by atoms with Gasteiger partial charge in [0.05, 0.1) is 36.6 Å². The van der Waals surface area contributed by atoms with Gasteiger partial charge in [-0.3, -0.25) is 29.1 Å². The van der Waals surface area contributed by atoms with Crippen molar-refractivity contribution in [1.29, 1.82) is 0 Å². The third-order valence-electron chi connectivity index (χ3n) is 23.2. The molecular formula is C104H86N6O8. The molecule has 0 atom stereocenters. The Hall–Kier alpha value is -14.2. The van der Waals surface area contributed by atoms with E-state index < -0.39 is 0 Å². The first-order chi connectivity index (χ1) is 57.0. The summed E-state index contributed by atoms with van der Waals surface area (Å²) in [6.45, 7) is 23.7. The number of fused-ring (bicyclic) bond motifs is 8. The van der Waals surface area contributed by atoms with Crippen LogP contribution in [0.4, 0.5) is 22.9 Å². The van der Waals surface area contributed by atoms with Crippen LogP contribution < -0.4 is 29.6 Å². The van der Waals surface area contributed by atoms with Gasteiger partial charge < -0.3 is 29.6 Å². The van der Waals surface area contributed by atoms with E-state index in [4.69, 9.17) is 28.9 Å². The molecule has 0 spiro atoms. The smallest absolute Gasteiger partial charge is 0.231 e. The van der Waals surface area contributed by atoms with Gasteiger partial charge in [0.1, 0.15) is 17.3 Å². The molecule has 14 heteroatoms. The van der Waals surface area contributed by atoms with E-state index in [1.165, 1.54) is 38.9 Å². The lowest BCUT2D eigenvalue weighted by Crippen LogP contribution is -2.15. The molecular weight excluding hydrogens is 1460 g/mol. The van der Waals surface area contributed by atoms with E-state index in [0.717, 1.165) is 139 Å². The Balaban J connectivity index is 0.000000116. The van der Waals surface area contributed by atoms with Gasteiger partial charge in [-0.05, 0) is 157 Å². The standard InChI is InChI=1S/C37H35NO3.C25H20N2O.C24H18N2O.C18H13NO3/c1-7-37(5,6)24-17-21-26(22-18-24)41-35-32-27-11-8-9-12-28(27)33(39)29-13-10-14-30(31(29)32)34(38-35)40-25-19-15-23(16-20-25)36(2,3)4;1-14-10-15(2)24(16(3)11-14)27-21-9-5-7-18-20-13-26-12-17-6-4-8-19(22(17)20)25(28)23(18)21;1-14-10-11-21(15(2)12-14)26-24-19-9-5-8-18-22(19)20(13-25-24)16-6-3-4-7-17(16)23(18)27;1-21-14-7-6-11-13-9-19-8-10-4-3-5-12(15(10)13)17(20)16(11)18(14)22-2/h8-22H,7H2,1-6H3;4-13,27H,1-3H3;3-13H,1-2H3,(H,25,26);3-9H,1-2H3. The first-order valence-electron chi connectivity index (χ1n) is 39.6.